The molecule has 1 heterocycles. The maximum absolute atomic E-state index is 13.4. The minimum absolute atomic E-state index is 0.213. The van der Waals surface area contributed by atoms with Crippen LogP contribution in [0.25, 0.3) is 0 Å². The van der Waals surface area contributed by atoms with E-state index in [0.717, 1.165) is 51.7 Å². The number of rotatable bonds is 14. The van der Waals surface area contributed by atoms with Crippen molar-refractivity contribution in [1.82, 2.24) is 9.79 Å². The molecule has 1 rings (SSSR count). The summed E-state index contributed by atoms with van der Waals surface area (Å²) in [5, 5.41) is 9.21. The number of hydrogen-bond donors (Lipinski definition) is 2. The smallest absolute Gasteiger partial charge is 0.266 e. The van der Waals surface area contributed by atoms with Crippen LogP contribution in [0, 0.1) is 5.92 Å². The monoisotopic (exact) mass is 420 g/mol. The number of sulfonamides is 1. The van der Waals surface area contributed by atoms with E-state index in [2.05, 4.69) is 6.92 Å². The van der Waals surface area contributed by atoms with Crippen LogP contribution in [0.1, 0.15) is 85.0 Å². The van der Waals surface area contributed by atoms with Gasteiger partial charge in [0, 0.05) is 26.3 Å². The predicted octanol–water partition coefficient (Wildman–Crippen LogP) is 3.47. The molecule has 0 spiro atoms. The Hall–Kier alpha value is -0.700. The van der Waals surface area contributed by atoms with E-state index in [9.17, 15) is 18.4 Å². The average Bonchev–Trinajstić information content (AvgIpc) is 2.70. The highest BCUT2D eigenvalue weighted by atomic mass is 32.2. The summed E-state index contributed by atoms with van der Waals surface area (Å²) < 4.78 is 32.3. The second kappa shape index (κ2) is 12.8. The minimum Gasteiger partial charge on any atom is -0.381 e. The Morgan fingerprint density at radius 2 is 1.64 bits per heavy atom. The summed E-state index contributed by atoms with van der Waals surface area (Å²) in [6.07, 6.45) is 7.44. The fraction of sp³-hybridized carbons (Fsp3) is 0.950. The van der Waals surface area contributed by atoms with Crippen molar-refractivity contribution >= 4 is 15.9 Å². The zero-order valence-corrected chi connectivity index (χ0v) is 18.7. The first-order valence-electron chi connectivity index (χ1n) is 10.9. The van der Waals surface area contributed by atoms with Crippen molar-refractivity contribution in [3.05, 3.63) is 0 Å². The molecule has 0 aromatic carbocycles. The third-order valence-corrected chi connectivity index (χ3v) is 8.40. The number of nitrogens with zero attached hydrogens (tertiary/aromatic N) is 1. The molecule has 28 heavy (non-hydrogen) atoms. The van der Waals surface area contributed by atoms with Gasteiger partial charge in [-0.25, -0.2) is 18.2 Å². The number of unbranched alkanes of at least 4 members (excludes halogenated alkanes) is 1. The Bertz CT molecular complexity index is 539. The van der Waals surface area contributed by atoms with Gasteiger partial charge in [-0.3, -0.25) is 10.0 Å². The van der Waals surface area contributed by atoms with Gasteiger partial charge in [0.25, 0.3) is 5.91 Å². The largest absolute Gasteiger partial charge is 0.381 e. The molecule has 7 nitrogen and oxygen atoms in total. The van der Waals surface area contributed by atoms with Crippen molar-refractivity contribution in [3.8, 4) is 0 Å². The van der Waals surface area contributed by atoms with Crippen molar-refractivity contribution in [3.63, 3.8) is 0 Å². The number of amides is 1. The Morgan fingerprint density at radius 1 is 1.07 bits per heavy atom. The molecule has 1 saturated heterocycles. The Kier molecular flexibility index (Phi) is 11.6. The summed E-state index contributed by atoms with van der Waals surface area (Å²) in [4.78, 5) is 12.4. The van der Waals surface area contributed by atoms with Gasteiger partial charge in [-0.15, -0.1) is 0 Å². The van der Waals surface area contributed by atoms with Crippen molar-refractivity contribution in [2.45, 2.75) is 89.7 Å². The van der Waals surface area contributed by atoms with Crippen molar-refractivity contribution in [2.75, 3.05) is 26.3 Å². The molecule has 1 aliphatic heterocycles. The van der Waals surface area contributed by atoms with E-state index >= 15 is 0 Å². The van der Waals surface area contributed by atoms with Gasteiger partial charge < -0.3 is 4.74 Å². The lowest BCUT2D eigenvalue weighted by atomic mass is 9.93. The zero-order valence-electron chi connectivity index (χ0n) is 17.9. The third-order valence-electron chi connectivity index (χ3n) is 5.77. The molecule has 0 saturated carbocycles. The van der Waals surface area contributed by atoms with Gasteiger partial charge in [-0.05, 0) is 50.9 Å². The molecule has 0 aliphatic carbocycles. The average molecular weight is 421 g/mol. The molecule has 2 N–H and O–H groups in total. The van der Waals surface area contributed by atoms with Crippen molar-refractivity contribution < 1.29 is 23.2 Å². The van der Waals surface area contributed by atoms with E-state index in [1.165, 1.54) is 4.31 Å². The number of nitrogens with one attached hydrogen (secondary N) is 1. The molecule has 166 valence electrons. The maximum atomic E-state index is 13.4. The highest BCUT2D eigenvalue weighted by Gasteiger charge is 2.52. The van der Waals surface area contributed by atoms with E-state index in [4.69, 9.17) is 4.74 Å². The van der Waals surface area contributed by atoms with Crippen LogP contribution in [0.3, 0.4) is 0 Å². The lowest BCUT2D eigenvalue weighted by Gasteiger charge is -2.39. The zero-order chi connectivity index (χ0) is 21.0. The van der Waals surface area contributed by atoms with Crippen LogP contribution >= 0.6 is 0 Å². The van der Waals surface area contributed by atoms with E-state index in [0.29, 0.717) is 31.8 Å². The normalized spacial score (nSPS) is 17.0. The SMILES string of the molecule is CCCCOCCCC1CCN(S(=O)(=O)C(CCC)(CCC)C(=O)NO)CC1. The molecule has 0 aromatic rings. The molecule has 0 atom stereocenters. The van der Waals surface area contributed by atoms with Gasteiger partial charge in [0.15, 0.2) is 4.75 Å². The van der Waals surface area contributed by atoms with Gasteiger partial charge >= 0.3 is 0 Å². The lowest BCUT2D eigenvalue weighted by molar-refractivity contribution is -0.132. The fourth-order valence-electron chi connectivity index (χ4n) is 4.14. The summed E-state index contributed by atoms with van der Waals surface area (Å²) >= 11 is 0. The van der Waals surface area contributed by atoms with Crippen molar-refractivity contribution in [2.24, 2.45) is 5.92 Å². The molecule has 1 aliphatic rings. The lowest BCUT2D eigenvalue weighted by Crippen LogP contribution is -2.58. The van der Waals surface area contributed by atoms with Gasteiger partial charge in [0.1, 0.15) is 0 Å². The Labute approximate surface area is 171 Å². The highest BCUT2D eigenvalue weighted by molar-refractivity contribution is 7.91. The van der Waals surface area contributed by atoms with E-state index in [1.54, 1.807) is 5.48 Å². The summed E-state index contributed by atoms with van der Waals surface area (Å²) in [5.41, 5.74) is 1.62. The first kappa shape index (κ1) is 25.3. The molecular formula is C20H40N2O5S. The quantitative estimate of drug-likeness (QED) is 0.255. The van der Waals surface area contributed by atoms with Crippen LogP contribution < -0.4 is 5.48 Å². The first-order valence-corrected chi connectivity index (χ1v) is 12.4. The second-order valence-corrected chi connectivity index (χ2v) is 10.1. The Balaban J connectivity index is 2.68. The second-order valence-electron chi connectivity index (χ2n) is 7.89. The number of piperidine rings is 1. The summed E-state index contributed by atoms with van der Waals surface area (Å²) in [6, 6.07) is 0. The predicted molar refractivity (Wildman–Crippen MR) is 111 cm³/mol. The number of carbonyl (C=O) groups excluding carboxylic acids is 1. The molecule has 0 radical (unpaired) electrons. The van der Waals surface area contributed by atoms with Crippen LogP contribution in [0.2, 0.25) is 0 Å². The van der Waals surface area contributed by atoms with E-state index < -0.39 is 20.7 Å². The van der Waals surface area contributed by atoms with Crippen molar-refractivity contribution in [1.29, 1.82) is 0 Å². The Morgan fingerprint density at radius 3 is 2.14 bits per heavy atom. The molecule has 0 aromatic heterocycles. The molecule has 0 unspecified atom stereocenters. The molecule has 0 bridgehead atoms. The molecule has 1 fully saturated rings. The van der Waals surface area contributed by atoms with Crippen LogP contribution in [-0.2, 0) is 19.6 Å². The van der Waals surface area contributed by atoms with Crippen LogP contribution in [0.15, 0.2) is 0 Å². The molecular weight excluding hydrogens is 380 g/mol. The van der Waals surface area contributed by atoms with Crippen LogP contribution in [0.5, 0.6) is 0 Å². The van der Waals surface area contributed by atoms with Crippen LogP contribution in [-0.4, -0.2) is 54.9 Å². The topological polar surface area (TPSA) is 95.9 Å². The highest BCUT2D eigenvalue weighted by Crippen LogP contribution is 2.35. The van der Waals surface area contributed by atoms with Gasteiger partial charge in [-0.2, -0.15) is 0 Å². The summed E-state index contributed by atoms with van der Waals surface area (Å²) in [6.45, 7) is 8.33. The maximum Gasteiger partial charge on any atom is 0.266 e. The summed E-state index contributed by atoms with van der Waals surface area (Å²) in [7, 11) is -3.84. The van der Waals surface area contributed by atoms with E-state index in [-0.39, 0.29) is 12.8 Å². The van der Waals surface area contributed by atoms with Crippen LogP contribution in [0.4, 0.5) is 0 Å². The minimum atomic E-state index is -3.84. The van der Waals surface area contributed by atoms with Gasteiger partial charge in [-0.1, -0.05) is 40.0 Å². The first-order chi connectivity index (χ1) is 13.4. The summed E-state index contributed by atoms with van der Waals surface area (Å²) in [5.74, 6) is -0.304. The standard InChI is InChI=1S/C20H40N2O5S/c1-4-7-16-27-17-8-9-18-10-14-22(15-11-18)28(25,26)20(12-5-2,13-6-3)19(23)21-24/h18,24H,4-17H2,1-3H3,(H,21,23). The van der Waals surface area contributed by atoms with E-state index in [1.807, 2.05) is 13.8 Å². The molecule has 8 heteroatoms. The number of hydrogen-bond acceptors (Lipinski definition) is 5. The number of carbonyl (C=O) groups is 1. The number of ether oxygens (including phenoxy) is 1. The third kappa shape index (κ3) is 6.40. The van der Waals surface area contributed by atoms with Gasteiger partial charge in [0.2, 0.25) is 10.0 Å². The number of hydroxylamine groups is 1. The molecule has 1 amide bonds. The fourth-order valence-corrected chi connectivity index (χ4v) is 6.53. The van der Waals surface area contributed by atoms with Gasteiger partial charge in [0.05, 0.1) is 0 Å².